The molecule has 1 unspecified atom stereocenters. The standard InChI is InChI=1S/C19H42N4O/c1-7-10-18(11-14-24)15-22-19(20-8-2)21-12-9-13-23(16(3)4)17(5)6/h16-18,24H,7-15H2,1-6H3,(H2,20,21,22). The highest BCUT2D eigenvalue weighted by molar-refractivity contribution is 5.79. The van der Waals surface area contributed by atoms with Crippen molar-refractivity contribution in [2.45, 2.75) is 79.3 Å². The summed E-state index contributed by atoms with van der Waals surface area (Å²) in [7, 11) is 0. The first-order valence-electron chi connectivity index (χ1n) is 9.84. The van der Waals surface area contributed by atoms with Crippen LogP contribution in [0.5, 0.6) is 0 Å². The Labute approximate surface area is 150 Å². The molecule has 5 heteroatoms. The predicted molar refractivity (Wildman–Crippen MR) is 106 cm³/mol. The van der Waals surface area contributed by atoms with E-state index in [1.54, 1.807) is 0 Å². The molecule has 0 fully saturated rings. The molecule has 0 saturated heterocycles. The lowest BCUT2D eigenvalue weighted by atomic mass is 10.0. The lowest BCUT2D eigenvalue weighted by Crippen LogP contribution is -2.41. The third-order valence-electron chi connectivity index (χ3n) is 4.30. The number of guanidine groups is 1. The summed E-state index contributed by atoms with van der Waals surface area (Å²) in [5, 5.41) is 15.9. The first-order valence-corrected chi connectivity index (χ1v) is 9.84. The highest BCUT2D eigenvalue weighted by Crippen LogP contribution is 2.11. The molecule has 144 valence electrons. The van der Waals surface area contributed by atoms with Gasteiger partial charge in [0.15, 0.2) is 5.96 Å². The van der Waals surface area contributed by atoms with Gasteiger partial charge in [0, 0.05) is 44.9 Å². The van der Waals surface area contributed by atoms with Crippen molar-refractivity contribution in [1.82, 2.24) is 15.5 Å². The van der Waals surface area contributed by atoms with Crippen molar-refractivity contribution in [2.24, 2.45) is 10.9 Å². The molecule has 0 heterocycles. The van der Waals surface area contributed by atoms with Crippen LogP contribution in [-0.2, 0) is 0 Å². The Hall–Kier alpha value is -0.810. The summed E-state index contributed by atoms with van der Waals surface area (Å²) in [6, 6.07) is 1.17. The lowest BCUT2D eigenvalue weighted by Gasteiger charge is -2.30. The fourth-order valence-electron chi connectivity index (χ4n) is 3.06. The maximum Gasteiger partial charge on any atom is 0.191 e. The molecule has 0 saturated carbocycles. The van der Waals surface area contributed by atoms with Gasteiger partial charge in [0.05, 0.1) is 0 Å². The van der Waals surface area contributed by atoms with Gasteiger partial charge in [0.1, 0.15) is 0 Å². The predicted octanol–water partition coefficient (Wildman–Crippen LogP) is 2.85. The van der Waals surface area contributed by atoms with Crippen LogP contribution in [0.2, 0.25) is 0 Å². The number of aliphatic hydroxyl groups is 1. The molecule has 0 amide bonds. The van der Waals surface area contributed by atoms with E-state index in [1.807, 2.05) is 0 Å². The molecule has 0 aromatic rings. The molecule has 0 bridgehead atoms. The Morgan fingerprint density at radius 1 is 1.04 bits per heavy atom. The van der Waals surface area contributed by atoms with E-state index in [-0.39, 0.29) is 6.61 Å². The van der Waals surface area contributed by atoms with E-state index in [0.29, 0.717) is 18.0 Å². The lowest BCUT2D eigenvalue weighted by molar-refractivity contribution is 0.173. The number of aliphatic imine (C=N–C) groups is 1. The Kier molecular flexibility index (Phi) is 14.0. The van der Waals surface area contributed by atoms with Gasteiger partial charge in [-0.15, -0.1) is 0 Å². The van der Waals surface area contributed by atoms with Crippen LogP contribution in [0.25, 0.3) is 0 Å². The van der Waals surface area contributed by atoms with E-state index in [9.17, 15) is 0 Å². The van der Waals surface area contributed by atoms with Gasteiger partial charge in [-0.1, -0.05) is 13.3 Å². The summed E-state index contributed by atoms with van der Waals surface area (Å²) in [5.74, 6) is 1.38. The molecule has 0 aromatic heterocycles. The average molecular weight is 343 g/mol. The maximum absolute atomic E-state index is 9.16. The second-order valence-corrected chi connectivity index (χ2v) is 7.09. The molecule has 0 aliphatic carbocycles. The van der Waals surface area contributed by atoms with Gasteiger partial charge in [0.25, 0.3) is 0 Å². The monoisotopic (exact) mass is 342 g/mol. The Morgan fingerprint density at radius 3 is 2.21 bits per heavy atom. The molecule has 0 aromatic carbocycles. The molecule has 24 heavy (non-hydrogen) atoms. The van der Waals surface area contributed by atoms with Gasteiger partial charge in [0.2, 0.25) is 0 Å². The van der Waals surface area contributed by atoms with Crippen molar-refractivity contribution in [1.29, 1.82) is 0 Å². The fraction of sp³-hybridized carbons (Fsp3) is 0.947. The van der Waals surface area contributed by atoms with Gasteiger partial charge >= 0.3 is 0 Å². The van der Waals surface area contributed by atoms with E-state index in [0.717, 1.165) is 57.8 Å². The Bertz CT molecular complexity index is 304. The normalized spacial score (nSPS) is 13.8. The minimum atomic E-state index is 0.254. The maximum atomic E-state index is 9.16. The summed E-state index contributed by atoms with van der Waals surface area (Å²) in [6.45, 7) is 17.3. The van der Waals surface area contributed by atoms with Gasteiger partial charge < -0.3 is 15.7 Å². The zero-order valence-electron chi connectivity index (χ0n) is 16.9. The van der Waals surface area contributed by atoms with Gasteiger partial charge in [-0.2, -0.15) is 0 Å². The summed E-state index contributed by atoms with van der Waals surface area (Å²) < 4.78 is 0. The quantitative estimate of drug-likeness (QED) is 0.274. The highest BCUT2D eigenvalue weighted by Gasteiger charge is 2.12. The minimum Gasteiger partial charge on any atom is -0.396 e. The molecule has 0 aliphatic heterocycles. The fourth-order valence-corrected chi connectivity index (χ4v) is 3.06. The van der Waals surface area contributed by atoms with Crippen molar-refractivity contribution in [3.8, 4) is 0 Å². The van der Waals surface area contributed by atoms with Crippen LogP contribution in [0.4, 0.5) is 0 Å². The molecular formula is C19H42N4O. The minimum absolute atomic E-state index is 0.254. The second kappa shape index (κ2) is 14.5. The van der Waals surface area contributed by atoms with Crippen molar-refractivity contribution in [3.63, 3.8) is 0 Å². The van der Waals surface area contributed by atoms with Crippen molar-refractivity contribution in [2.75, 3.05) is 32.8 Å². The summed E-state index contributed by atoms with van der Waals surface area (Å²) >= 11 is 0. The number of rotatable bonds is 13. The topological polar surface area (TPSA) is 59.9 Å². The molecule has 0 rings (SSSR count). The third-order valence-corrected chi connectivity index (χ3v) is 4.30. The van der Waals surface area contributed by atoms with E-state index in [1.165, 1.54) is 0 Å². The van der Waals surface area contributed by atoms with Crippen LogP contribution in [0.15, 0.2) is 4.99 Å². The first kappa shape index (κ1) is 23.2. The number of hydrogen-bond acceptors (Lipinski definition) is 3. The van der Waals surface area contributed by atoms with Crippen molar-refractivity contribution < 1.29 is 5.11 Å². The van der Waals surface area contributed by atoms with E-state index in [4.69, 9.17) is 10.1 Å². The SMILES string of the molecule is CCCC(CCO)CN=C(NCC)NCCCN(C(C)C)C(C)C. The largest absolute Gasteiger partial charge is 0.396 e. The summed E-state index contributed by atoms with van der Waals surface area (Å²) in [5.41, 5.74) is 0. The number of nitrogens with zero attached hydrogens (tertiary/aromatic N) is 2. The number of aliphatic hydroxyl groups excluding tert-OH is 1. The van der Waals surface area contributed by atoms with Gasteiger partial charge in [-0.05, 0) is 59.8 Å². The average Bonchev–Trinajstić information content (AvgIpc) is 2.51. The second-order valence-electron chi connectivity index (χ2n) is 7.09. The zero-order chi connectivity index (χ0) is 18.4. The van der Waals surface area contributed by atoms with E-state index >= 15 is 0 Å². The van der Waals surface area contributed by atoms with Crippen LogP contribution in [0.3, 0.4) is 0 Å². The summed E-state index contributed by atoms with van der Waals surface area (Å²) in [4.78, 5) is 7.23. The molecule has 0 spiro atoms. The van der Waals surface area contributed by atoms with Crippen LogP contribution in [0.1, 0.15) is 67.2 Å². The van der Waals surface area contributed by atoms with Crippen molar-refractivity contribution in [3.05, 3.63) is 0 Å². The molecule has 3 N–H and O–H groups in total. The van der Waals surface area contributed by atoms with Gasteiger partial charge in [-0.25, -0.2) is 0 Å². The molecule has 5 nitrogen and oxygen atoms in total. The van der Waals surface area contributed by atoms with Crippen LogP contribution < -0.4 is 10.6 Å². The van der Waals surface area contributed by atoms with Crippen LogP contribution in [-0.4, -0.2) is 60.8 Å². The molecule has 1 atom stereocenters. The molecule has 0 radical (unpaired) electrons. The van der Waals surface area contributed by atoms with E-state index in [2.05, 4.69) is 57.1 Å². The molecule has 0 aliphatic rings. The highest BCUT2D eigenvalue weighted by atomic mass is 16.3. The van der Waals surface area contributed by atoms with E-state index < -0.39 is 0 Å². The smallest absolute Gasteiger partial charge is 0.191 e. The zero-order valence-corrected chi connectivity index (χ0v) is 16.9. The van der Waals surface area contributed by atoms with Gasteiger partial charge in [-0.3, -0.25) is 9.89 Å². The summed E-state index contributed by atoms with van der Waals surface area (Å²) in [6.07, 6.45) is 4.22. The molecular weight excluding hydrogens is 300 g/mol. The number of nitrogens with one attached hydrogen (secondary N) is 2. The first-order chi connectivity index (χ1) is 11.5. The van der Waals surface area contributed by atoms with Crippen LogP contribution >= 0.6 is 0 Å². The Morgan fingerprint density at radius 2 is 1.71 bits per heavy atom. The van der Waals surface area contributed by atoms with Crippen LogP contribution in [0, 0.1) is 5.92 Å². The van der Waals surface area contributed by atoms with Crippen molar-refractivity contribution >= 4 is 5.96 Å². The third kappa shape index (κ3) is 10.9. The number of hydrogen-bond donors (Lipinski definition) is 3. The Balaban J connectivity index is 4.34.